The summed E-state index contributed by atoms with van der Waals surface area (Å²) in [6.07, 6.45) is 3.40. The number of benzene rings is 2. The number of hydrogen-bond donors (Lipinski definition) is 1. The third-order valence-electron chi connectivity index (χ3n) is 3.84. The third kappa shape index (κ3) is 3.41. The van der Waals surface area contributed by atoms with Crippen LogP contribution in [0, 0.1) is 6.92 Å². The van der Waals surface area contributed by atoms with Crippen LogP contribution < -0.4 is 5.32 Å². The van der Waals surface area contributed by atoms with Gasteiger partial charge in [0.05, 0.1) is 6.04 Å². The zero-order valence-corrected chi connectivity index (χ0v) is 12.8. The number of aryl methyl sites for hydroxylation is 2. The molecule has 1 heteroatoms. The van der Waals surface area contributed by atoms with Crippen molar-refractivity contribution in [1.29, 1.82) is 0 Å². The Bertz CT molecular complexity index is 531. The van der Waals surface area contributed by atoms with E-state index in [0.717, 1.165) is 12.8 Å². The molecule has 106 valence electrons. The van der Waals surface area contributed by atoms with Crippen molar-refractivity contribution in [2.45, 2.75) is 46.1 Å². The second kappa shape index (κ2) is 7.14. The van der Waals surface area contributed by atoms with Crippen molar-refractivity contribution in [1.82, 2.24) is 0 Å². The monoisotopic (exact) mass is 267 g/mol. The van der Waals surface area contributed by atoms with Crippen LogP contribution >= 0.6 is 0 Å². The van der Waals surface area contributed by atoms with E-state index in [1.807, 2.05) is 0 Å². The molecule has 20 heavy (non-hydrogen) atoms. The van der Waals surface area contributed by atoms with E-state index in [0.29, 0.717) is 6.04 Å². The molecule has 0 saturated heterocycles. The highest BCUT2D eigenvalue weighted by molar-refractivity contribution is 5.58. The van der Waals surface area contributed by atoms with E-state index in [4.69, 9.17) is 0 Å². The summed E-state index contributed by atoms with van der Waals surface area (Å²) in [4.78, 5) is 0. The first-order valence-electron chi connectivity index (χ1n) is 7.66. The standard InChI is InChI=1S/C19H25N/c1-4-10-18(17-12-7-6-8-13-17)20-19-15(3)11-9-14-16(19)5-2/h6-9,11-14,18,20H,4-5,10H2,1-3H3. The highest BCUT2D eigenvalue weighted by Gasteiger charge is 2.13. The van der Waals surface area contributed by atoms with E-state index in [1.54, 1.807) is 0 Å². The smallest absolute Gasteiger partial charge is 0.0513 e. The van der Waals surface area contributed by atoms with Gasteiger partial charge in [-0.1, -0.05) is 68.8 Å². The number of rotatable bonds is 6. The molecule has 0 aromatic heterocycles. The number of hydrogen-bond acceptors (Lipinski definition) is 1. The van der Waals surface area contributed by atoms with Crippen LogP contribution in [0.2, 0.25) is 0 Å². The Morgan fingerprint density at radius 1 is 0.950 bits per heavy atom. The lowest BCUT2D eigenvalue weighted by atomic mass is 9.99. The molecule has 1 unspecified atom stereocenters. The lowest BCUT2D eigenvalue weighted by molar-refractivity contribution is 0.676. The summed E-state index contributed by atoms with van der Waals surface area (Å²) < 4.78 is 0. The number of anilines is 1. The van der Waals surface area contributed by atoms with E-state index < -0.39 is 0 Å². The Morgan fingerprint density at radius 3 is 2.35 bits per heavy atom. The van der Waals surface area contributed by atoms with Gasteiger partial charge in [-0.3, -0.25) is 0 Å². The molecule has 0 fully saturated rings. The second-order valence-corrected chi connectivity index (χ2v) is 5.36. The predicted molar refractivity (Wildman–Crippen MR) is 88.3 cm³/mol. The molecule has 1 N–H and O–H groups in total. The van der Waals surface area contributed by atoms with Gasteiger partial charge in [0.25, 0.3) is 0 Å². The predicted octanol–water partition coefficient (Wildman–Crippen LogP) is 5.51. The highest BCUT2D eigenvalue weighted by atomic mass is 14.9. The Labute approximate surface area is 123 Å². The second-order valence-electron chi connectivity index (χ2n) is 5.36. The van der Waals surface area contributed by atoms with Crippen molar-refractivity contribution in [3.8, 4) is 0 Å². The maximum absolute atomic E-state index is 3.78. The minimum absolute atomic E-state index is 0.396. The van der Waals surface area contributed by atoms with Crippen LogP contribution in [0.5, 0.6) is 0 Å². The molecule has 2 aromatic rings. The van der Waals surface area contributed by atoms with E-state index >= 15 is 0 Å². The van der Waals surface area contributed by atoms with Gasteiger partial charge in [-0.05, 0) is 36.5 Å². The van der Waals surface area contributed by atoms with Crippen molar-refractivity contribution >= 4 is 5.69 Å². The molecule has 0 bridgehead atoms. The molecular weight excluding hydrogens is 242 g/mol. The van der Waals surface area contributed by atoms with Crippen molar-refractivity contribution in [3.63, 3.8) is 0 Å². The SMILES string of the molecule is CCCC(Nc1c(C)cccc1CC)c1ccccc1. The molecule has 0 spiro atoms. The largest absolute Gasteiger partial charge is 0.378 e. The van der Waals surface area contributed by atoms with Crippen molar-refractivity contribution in [3.05, 3.63) is 65.2 Å². The van der Waals surface area contributed by atoms with Crippen molar-refractivity contribution in [2.24, 2.45) is 0 Å². The van der Waals surface area contributed by atoms with E-state index in [-0.39, 0.29) is 0 Å². The van der Waals surface area contributed by atoms with Crippen LogP contribution in [0.25, 0.3) is 0 Å². The van der Waals surface area contributed by atoms with Crippen LogP contribution in [0.3, 0.4) is 0 Å². The minimum atomic E-state index is 0.396. The van der Waals surface area contributed by atoms with E-state index in [9.17, 15) is 0 Å². The van der Waals surface area contributed by atoms with Gasteiger partial charge in [-0.25, -0.2) is 0 Å². The van der Waals surface area contributed by atoms with Crippen molar-refractivity contribution in [2.75, 3.05) is 5.32 Å². The van der Waals surface area contributed by atoms with Gasteiger partial charge in [-0.2, -0.15) is 0 Å². The summed E-state index contributed by atoms with van der Waals surface area (Å²) in [6.45, 7) is 6.66. The fourth-order valence-corrected chi connectivity index (χ4v) is 2.70. The molecule has 1 nitrogen and oxygen atoms in total. The molecule has 0 saturated carbocycles. The Morgan fingerprint density at radius 2 is 1.70 bits per heavy atom. The summed E-state index contributed by atoms with van der Waals surface area (Å²) >= 11 is 0. The molecule has 0 aliphatic carbocycles. The fraction of sp³-hybridized carbons (Fsp3) is 0.368. The van der Waals surface area contributed by atoms with Crippen LogP contribution in [-0.4, -0.2) is 0 Å². The maximum atomic E-state index is 3.78. The van der Waals surface area contributed by atoms with Crippen LogP contribution in [0.15, 0.2) is 48.5 Å². The zero-order valence-electron chi connectivity index (χ0n) is 12.8. The molecular formula is C19H25N. The Kier molecular flexibility index (Phi) is 5.23. The average molecular weight is 267 g/mol. The summed E-state index contributed by atoms with van der Waals surface area (Å²) in [5.74, 6) is 0. The van der Waals surface area contributed by atoms with Crippen LogP contribution in [0.1, 0.15) is 49.4 Å². The quantitative estimate of drug-likeness (QED) is 0.727. The molecule has 1 atom stereocenters. The summed E-state index contributed by atoms with van der Waals surface area (Å²) in [6, 6.07) is 17.7. The molecule has 0 aliphatic rings. The van der Waals surface area contributed by atoms with E-state index in [2.05, 4.69) is 74.6 Å². The molecule has 0 heterocycles. The summed E-state index contributed by atoms with van der Waals surface area (Å²) in [5, 5.41) is 3.78. The summed E-state index contributed by atoms with van der Waals surface area (Å²) in [5.41, 5.74) is 5.43. The zero-order chi connectivity index (χ0) is 14.4. The van der Waals surface area contributed by atoms with Gasteiger partial charge in [0, 0.05) is 5.69 Å². The minimum Gasteiger partial charge on any atom is -0.378 e. The summed E-state index contributed by atoms with van der Waals surface area (Å²) in [7, 11) is 0. The maximum Gasteiger partial charge on any atom is 0.0513 e. The first-order chi connectivity index (χ1) is 9.76. The van der Waals surface area contributed by atoms with Gasteiger partial charge in [0.15, 0.2) is 0 Å². The normalized spacial score (nSPS) is 12.2. The molecule has 0 radical (unpaired) electrons. The number of nitrogens with one attached hydrogen (secondary N) is 1. The van der Waals surface area contributed by atoms with Crippen molar-refractivity contribution < 1.29 is 0 Å². The first-order valence-corrected chi connectivity index (χ1v) is 7.66. The molecule has 0 amide bonds. The van der Waals surface area contributed by atoms with E-state index in [1.165, 1.54) is 28.8 Å². The lowest BCUT2D eigenvalue weighted by Crippen LogP contribution is -2.12. The highest BCUT2D eigenvalue weighted by Crippen LogP contribution is 2.28. The molecule has 2 rings (SSSR count). The lowest BCUT2D eigenvalue weighted by Gasteiger charge is -2.23. The van der Waals surface area contributed by atoms with Gasteiger partial charge in [0.2, 0.25) is 0 Å². The van der Waals surface area contributed by atoms with Crippen LogP contribution in [-0.2, 0) is 6.42 Å². The molecule has 2 aromatic carbocycles. The third-order valence-corrected chi connectivity index (χ3v) is 3.84. The van der Waals surface area contributed by atoms with Gasteiger partial charge in [-0.15, -0.1) is 0 Å². The van der Waals surface area contributed by atoms with Gasteiger partial charge < -0.3 is 5.32 Å². The van der Waals surface area contributed by atoms with Crippen LogP contribution in [0.4, 0.5) is 5.69 Å². The Hall–Kier alpha value is -1.76. The average Bonchev–Trinajstić information content (AvgIpc) is 2.49. The van der Waals surface area contributed by atoms with Gasteiger partial charge in [0.1, 0.15) is 0 Å². The number of para-hydroxylation sites is 1. The topological polar surface area (TPSA) is 12.0 Å². The first kappa shape index (κ1) is 14.6. The Balaban J connectivity index is 2.29. The van der Waals surface area contributed by atoms with Gasteiger partial charge >= 0.3 is 0 Å². The fourth-order valence-electron chi connectivity index (χ4n) is 2.70. The molecule has 0 aliphatic heterocycles.